The van der Waals surface area contributed by atoms with Gasteiger partial charge in [-0.25, -0.2) is 0 Å². The van der Waals surface area contributed by atoms with Gasteiger partial charge in [0.25, 0.3) is 5.91 Å². The third-order valence-corrected chi connectivity index (χ3v) is 1.67. The van der Waals surface area contributed by atoms with Crippen molar-refractivity contribution < 1.29 is 9.90 Å². The third-order valence-electron chi connectivity index (χ3n) is 1.67. The predicted octanol–water partition coefficient (Wildman–Crippen LogP) is 1.97. The Hall–Kier alpha value is -1.51. The standard InChI is InChI=1S/C10H12NO2/c1-2-7-11-10(13)8-5-3-4-6-9(8)12/h3-6H,2,7H2,1H3,(H,11,13). The van der Waals surface area contributed by atoms with Crippen molar-refractivity contribution in [2.45, 2.75) is 13.3 Å². The number of rotatable bonds is 3. The Morgan fingerprint density at radius 2 is 2.08 bits per heavy atom. The van der Waals surface area contributed by atoms with Crippen molar-refractivity contribution in [3.63, 3.8) is 0 Å². The summed E-state index contributed by atoms with van der Waals surface area (Å²) in [6.07, 6.45) is 0.868. The maximum Gasteiger partial charge on any atom is 0.255 e. The highest BCUT2D eigenvalue weighted by molar-refractivity contribution is 5.96. The summed E-state index contributed by atoms with van der Waals surface area (Å²) in [5, 5.41) is 13.8. The Kier molecular flexibility index (Phi) is 3.31. The molecule has 3 heteroatoms. The minimum Gasteiger partial charge on any atom is -0.352 e. The van der Waals surface area contributed by atoms with Crippen LogP contribution in [0.15, 0.2) is 24.3 Å². The second-order valence-corrected chi connectivity index (χ2v) is 2.75. The van der Waals surface area contributed by atoms with E-state index >= 15 is 0 Å². The number of nitrogens with one attached hydrogen (secondary N) is 1. The van der Waals surface area contributed by atoms with Crippen LogP contribution in [-0.4, -0.2) is 12.5 Å². The molecule has 0 aliphatic rings. The first-order chi connectivity index (χ1) is 6.25. The molecule has 0 aromatic heterocycles. The summed E-state index contributed by atoms with van der Waals surface area (Å²) in [7, 11) is 0. The van der Waals surface area contributed by atoms with Gasteiger partial charge in [-0.15, -0.1) is 0 Å². The number of carbonyl (C=O) groups is 1. The molecule has 0 saturated carbocycles. The largest absolute Gasteiger partial charge is 0.352 e. The van der Waals surface area contributed by atoms with E-state index in [1.807, 2.05) is 6.92 Å². The van der Waals surface area contributed by atoms with Crippen LogP contribution in [0, 0.1) is 0 Å². The molecule has 1 N–H and O–H groups in total. The number of hydrogen-bond acceptors (Lipinski definition) is 1. The van der Waals surface area contributed by atoms with Crippen LogP contribution < -0.4 is 5.32 Å². The molecule has 1 amide bonds. The molecule has 0 bridgehead atoms. The van der Waals surface area contributed by atoms with Crippen LogP contribution in [0.3, 0.4) is 0 Å². The van der Waals surface area contributed by atoms with Crippen LogP contribution in [0.2, 0.25) is 0 Å². The molecule has 1 aromatic rings. The van der Waals surface area contributed by atoms with Gasteiger partial charge in [0, 0.05) is 6.54 Å². The van der Waals surface area contributed by atoms with Crippen molar-refractivity contribution >= 4 is 5.91 Å². The van der Waals surface area contributed by atoms with E-state index in [4.69, 9.17) is 0 Å². The van der Waals surface area contributed by atoms with E-state index in [1.165, 1.54) is 12.1 Å². The lowest BCUT2D eigenvalue weighted by Crippen LogP contribution is -2.23. The Morgan fingerprint density at radius 1 is 1.38 bits per heavy atom. The van der Waals surface area contributed by atoms with Gasteiger partial charge in [-0.3, -0.25) is 9.90 Å². The van der Waals surface area contributed by atoms with Crippen LogP contribution in [-0.2, 0) is 5.11 Å². The van der Waals surface area contributed by atoms with E-state index in [1.54, 1.807) is 12.1 Å². The van der Waals surface area contributed by atoms with E-state index in [0.29, 0.717) is 6.54 Å². The summed E-state index contributed by atoms with van der Waals surface area (Å²) in [4.78, 5) is 11.3. The maximum absolute atomic E-state index is 11.3. The first-order valence-electron chi connectivity index (χ1n) is 4.30. The summed E-state index contributed by atoms with van der Waals surface area (Å²) in [6, 6.07) is 6.23. The first-order valence-corrected chi connectivity index (χ1v) is 4.30. The van der Waals surface area contributed by atoms with E-state index in [2.05, 4.69) is 5.32 Å². The second-order valence-electron chi connectivity index (χ2n) is 2.75. The number of amides is 1. The lowest BCUT2D eigenvalue weighted by atomic mass is 10.2. The van der Waals surface area contributed by atoms with Gasteiger partial charge in [-0.1, -0.05) is 19.1 Å². The van der Waals surface area contributed by atoms with Crippen molar-refractivity contribution in [3.8, 4) is 5.75 Å². The van der Waals surface area contributed by atoms with Crippen molar-refractivity contribution in [1.82, 2.24) is 5.32 Å². The quantitative estimate of drug-likeness (QED) is 0.755. The first kappa shape index (κ1) is 9.58. The van der Waals surface area contributed by atoms with E-state index in [0.717, 1.165) is 6.42 Å². The average molecular weight is 178 g/mol. The summed E-state index contributed by atoms with van der Waals surface area (Å²) in [5.74, 6) is -0.511. The fourth-order valence-corrected chi connectivity index (χ4v) is 0.988. The Balaban J connectivity index is 2.71. The molecular weight excluding hydrogens is 166 g/mol. The van der Waals surface area contributed by atoms with Crippen LogP contribution in [0.25, 0.3) is 0 Å². The molecule has 13 heavy (non-hydrogen) atoms. The Morgan fingerprint density at radius 3 is 2.69 bits per heavy atom. The zero-order chi connectivity index (χ0) is 9.68. The van der Waals surface area contributed by atoms with Gasteiger partial charge in [-0.2, -0.15) is 0 Å². The number of hydrogen-bond donors (Lipinski definition) is 1. The second kappa shape index (κ2) is 4.50. The van der Waals surface area contributed by atoms with Crippen LogP contribution in [0.1, 0.15) is 23.7 Å². The van der Waals surface area contributed by atoms with Crippen LogP contribution in [0.5, 0.6) is 5.75 Å². The summed E-state index contributed by atoms with van der Waals surface area (Å²) in [6.45, 7) is 2.57. The Bertz CT molecular complexity index is 297. The minimum absolute atomic E-state index is 0.218. The van der Waals surface area contributed by atoms with Crippen molar-refractivity contribution in [1.29, 1.82) is 0 Å². The average Bonchev–Trinajstić information content (AvgIpc) is 2.15. The molecule has 69 valence electrons. The Labute approximate surface area is 77.4 Å². The topological polar surface area (TPSA) is 49.0 Å². The molecule has 1 radical (unpaired) electrons. The molecule has 0 unspecified atom stereocenters. The van der Waals surface area contributed by atoms with Crippen LogP contribution >= 0.6 is 0 Å². The molecule has 1 aromatic carbocycles. The maximum atomic E-state index is 11.3. The summed E-state index contributed by atoms with van der Waals surface area (Å²) < 4.78 is 0. The normalized spacial score (nSPS) is 9.62. The van der Waals surface area contributed by atoms with Gasteiger partial charge in [0.05, 0.1) is 5.56 Å². The van der Waals surface area contributed by atoms with Gasteiger partial charge in [0.1, 0.15) is 0 Å². The number of para-hydroxylation sites is 1. The van der Waals surface area contributed by atoms with Gasteiger partial charge < -0.3 is 5.32 Å². The van der Waals surface area contributed by atoms with Crippen molar-refractivity contribution in [2.24, 2.45) is 0 Å². The van der Waals surface area contributed by atoms with E-state index < -0.39 is 0 Å². The highest BCUT2D eigenvalue weighted by atomic mass is 16.3. The highest BCUT2D eigenvalue weighted by Gasteiger charge is 2.09. The molecule has 0 aliphatic carbocycles. The minimum atomic E-state index is -0.285. The van der Waals surface area contributed by atoms with Gasteiger partial charge in [0.2, 0.25) is 0 Å². The molecule has 0 spiro atoms. The van der Waals surface area contributed by atoms with Gasteiger partial charge in [-0.05, 0) is 18.6 Å². The zero-order valence-electron chi connectivity index (χ0n) is 7.54. The lowest BCUT2D eigenvalue weighted by Gasteiger charge is -2.02. The van der Waals surface area contributed by atoms with Gasteiger partial charge >= 0.3 is 0 Å². The predicted molar refractivity (Wildman–Crippen MR) is 49.2 cm³/mol. The van der Waals surface area contributed by atoms with Crippen LogP contribution in [0.4, 0.5) is 0 Å². The molecule has 0 heterocycles. The number of carbonyl (C=O) groups excluding carboxylic acids is 1. The van der Waals surface area contributed by atoms with Gasteiger partial charge in [0.15, 0.2) is 5.75 Å². The zero-order valence-corrected chi connectivity index (χ0v) is 7.54. The third kappa shape index (κ3) is 2.47. The highest BCUT2D eigenvalue weighted by Crippen LogP contribution is 2.15. The van der Waals surface area contributed by atoms with Crippen molar-refractivity contribution in [3.05, 3.63) is 29.8 Å². The molecule has 0 atom stereocenters. The smallest absolute Gasteiger partial charge is 0.255 e. The molecule has 0 fully saturated rings. The summed E-state index contributed by atoms with van der Waals surface area (Å²) in [5.41, 5.74) is 0.218. The number of benzene rings is 1. The summed E-state index contributed by atoms with van der Waals surface area (Å²) >= 11 is 0. The fourth-order valence-electron chi connectivity index (χ4n) is 0.988. The SMILES string of the molecule is CCCNC(=O)c1ccccc1[O]. The molecule has 3 nitrogen and oxygen atoms in total. The molecule has 1 rings (SSSR count). The lowest BCUT2D eigenvalue weighted by molar-refractivity contribution is 0.0949. The fraction of sp³-hybridized carbons (Fsp3) is 0.300. The molecule has 0 saturated heterocycles. The van der Waals surface area contributed by atoms with E-state index in [9.17, 15) is 9.90 Å². The van der Waals surface area contributed by atoms with E-state index in [-0.39, 0.29) is 17.2 Å². The molecular formula is C10H12NO2. The monoisotopic (exact) mass is 178 g/mol. The van der Waals surface area contributed by atoms with Crippen molar-refractivity contribution in [2.75, 3.05) is 6.54 Å². The molecule has 0 aliphatic heterocycles.